The van der Waals surface area contributed by atoms with Crippen LogP contribution in [0, 0.1) is 0 Å². The number of hydrogen-bond acceptors (Lipinski definition) is 4. The third-order valence-electron chi connectivity index (χ3n) is 4.28. The molecule has 0 bridgehead atoms. The second-order valence-electron chi connectivity index (χ2n) is 7.12. The summed E-state index contributed by atoms with van der Waals surface area (Å²) in [6, 6.07) is 15.6. The summed E-state index contributed by atoms with van der Waals surface area (Å²) in [5, 5.41) is 7.28. The molecule has 1 atom stereocenters. The third-order valence-corrected chi connectivity index (χ3v) is 4.28. The number of ether oxygens (including phenoxy) is 1. The van der Waals surface area contributed by atoms with Crippen LogP contribution in [0.4, 0.5) is 0 Å². The minimum atomic E-state index is -0.360. The fraction of sp³-hybridized carbons (Fsp3) is 0.300. The second kappa shape index (κ2) is 6.69. The Kier molecular flexibility index (Phi) is 4.59. The number of nitrogens with two attached hydrogens (primary N) is 1. The number of benzene rings is 2. The summed E-state index contributed by atoms with van der Waals surface area (Å²) < 4.78 is 5.17. The van der Waals surface area contributed by atoms with Crippen LogP contribution in [0.3, 0.4) is 0 Å². The number of hydrogen-bond donors (Lipinski definition) is 2. The molecule has 0 amide bonds. The first-order chi connectivity index (χ1) is 11.9. The Morgan fingerprint density at radius 3 is 2.20 bits per heavy atom. The summed E-state index contributed by atoms with van der Waals surface area (Å²) in [7, 11) is 1.64. The summed E-state index contributed by atoms with van der Waals surface area (Å²) in [4.78, 5) is 4.57. The molecule has 0 saturated carbocycles. The van der Waals surface area contributed by atoms with E-state index in [9.17, 15) is 0 Å². The topological polar surface area (TPSA) is 76.8 Å². The molecule has 5 nitrogen and oxygen atoms in total. The molecule has 0 radical (unpaired) electrons. The molecule has 0 unspecified atom stereocenters. The average molecular weight is 336 g/mol. The summed E-state index contributed by atoms with van der Waals surface area (Å²) in [6.07, 6.45) is 0. The van der Waals surface area contributed by atoms with Gasteiger partial charge in [0.05, 0.1) is 13.2 Å². The lowest BCUT2D eigenvalue weighted by atomic mass is 9.87. The Labute approximate surface area is 148 Å². The highest BCUT2D eigenvalue weighted by Crippen LogP contribution is 2.26. The van der Waals surface area contributed by atoms with Gasteiger partial charge in [0, 0.05) is 5.56 Å². The van der Waals surface area contributed by atoms with Crippen molar-refractivity contribution in [1.82, 2.24) is 15.2 Å². The molecule has 1 heterocycles. The zero-order chi connectivity index (χ0) is 18.0. The first kappa shape index (κ1) is 17.2. The van der Waals surface area contributed by atoms with Crippen molar-refractivity contribution in [3.05, 3.63) is 65.5 Å². The van der Waals surface area contributed by atoms with Gasteiger partial charge in [-0.25, -0.2) is 4.98 Å². The summed E-state index contributed by atoms with van der Waals surface area (Å²) >= 11 is 0. The van der Waals surface area contributed by atoms with Crippen LogP contribution >= 0.6 is 0 Å². The quantitative estimate of drug-likeness (QED) is 0.759. The van der Waals surface area contributed by atoms with E-state index in [1.54, 1.807) is 7.11 Å². The SMILES string of the molecule is COc1ccc([C@@H](N)c2nc(-c3ccc(C(C)(C)C)cc3)n[nH]2)cc1. The summed E-state index contributed by atoms with van der Waals surface area (Å²) in [6.45, 7) is 6.59. The number of nitrogens with one attached hydrogen (secondary N) is 1. The Morgan fingerprint density at radius 2 is 1.64 bits per heavy atom. The highest BCUT2D eigenvalue weighted by molar-refractivity contribution is 5.55. The zero-order valence-electron chi connectivity index (χ0n) is 15.1. The summed E-state index contributed by atoms with van der Waals surface area (Å²) in [5.74, 6) is 2.09. The molecule has 0 aliphatic heterocycles. The maximum absolute atomic E-state index is 6.31. The number of aromatic amines is 1. The number of H-pyrrole nitrogens is 1. The molecule has 2 aromatic carbocycles. The van der Waals surface area contributed by atoms with Crippen molar-refractivity contribution in [2.75, 3.05) is 7.11 Å². The molecule has 25 heavy (non-hydrogen) atoms. The van der Waals surface area contributed by atoms with Crippen LogP contribution in [0.2, 0.25) is 0 Å². The molecule has 130 valence electrons. The van der Waals surface area contributed by atoms with Crippen LogP contribution in [-0.2, 0) is 5.41 Å². The molecule has 0 saturated heterocycles. The van der Waals surface area contributed by atoms with Crippen molar-refractivity contribution in [2.24, 2.45) is 5.73 Å². The Bertz CT molecular complexity index is 829. The molecule has 0 aliphatic rings. The Hall–Kier alpha value is -2.66. The highest BCUT2D eigenvalue weighted by atomic mass is 16.5. The number of nitrogens with zero attached hydrogens (tertiary/aromatic N) is 2. The van der Waals surface area contributed by atoms with Crippen LogP contribution in [0.5, 0.6) is 5.75 Å². The first-order valence-corrected chi connectivity index (χ1v) is 8.31. The minimum Gasteiger partial charge on any atom is -0.497 e. The fourth-order valence-corrected chi connectivity index (χ4v) is 2.63. The molecule has 3 aromatic rings. The van der Waals surface area contributed by atoms with Crippen molar-refractivity contribution in [3.8, 4) is 17.1 Å². The molecule has 0 spiro atoms. The fourth-order valence-electron chi connectivity index (χ4n) is 2.63. The van der Waals surface area contributed by atoms with Gasteiger partial charge in [-0.2, -0.15) is 5.10 Å². The van der Waals surface area contributed by atoms with Gasteiger partial charge in [0.2, 0.25) is 0 Å². The van der Waals surface area contributed by atoms with E-state index < -0.39 is 0 Å². The molecule has 3 N–H and O–H groups in total. The monoisotopic (exact) mass is 336 g/mol. The van der Waals surface area contributed by atoms with Crippen molar-refractivity contribution < 1.29 is 4.74 Å². The molecule has 0 fully saturated rings. The predicted octanol–water partition coefficient (Wildman–Crippen LogP) is 3.83. The molecule has 5 heteroatoms. The van der Waals surface area contributed by atoms with Gasteiger partial charge < -0.3 is 10.5 Å². The van der Waals surface area contributed by atoms with Gasteiger partial charge in [-0.05, 0) is 28.7 Å². The van der Waals surface area contributed by atoms with Crippen LogP contribution in [0.1, 0.15) is 43.8 Å². The van der Waals surface area contributed by atoms with Crippen LogP contribution in [0.25, 0.3) is 11.4 Å². The zero-order valence-corrected chi connectivity index (χ0v) is 15.1. The predicted molar refractivity (Wildman–Crippen MR) is 99.5 cm³/mol. The second-order valence-corrected chi connectivity index (χ2v) is 7.12. The van der Waals surface area contributed by atoms with Gasteiger partial charge in [0.25, 0.3) is 0 Å². The molecular formula is C20H24N4O. The van der Waals surface area contributed by atoms with E-state index in [0.29, 0.717) is 11.6 Å². The van der Waals surface area contributed by atoms with E-state index in [1.807, 2.05) is 36.4 Å². The van der Waals surface area contributed by atoms with Crippen LogP contribution < -0.4 is 10.5 Å². The van der Waals surface area contributed by atoms with E-state index in [-0.39, 0.29) is 11.5 Å². The molecule has 1 aromatic heterocycles. The lowest BCUT2D eigenvalue weighted by Gasteiger charge is -2.18. The standard InChI is InChI=1S/C20H24N4O/c1-20(2,3)15-9-5-14(6-10-15)18-22-19(24-23-18)17(21)13-7-11-16(25-4)12-8-13/h5-12,17H,21H2,1-4H3,(H,22,23,24)/t17-/m1/s1. The van der Waals surface area contributed by atoms with Crippen molar-refractivity contribution in [2.45, 2.75) is 32.2 Å². The van der Waals surface area contributed by atoms with Crippen molar-refractivity contribution >= 4 is 0 Å². The normalized spacial score (nSPS) is 12.8. The Morgan fingerprint density at radius 1 is 1.00 bits per heavy atom. The largest absolute Gasteiger partial charge is 0.497 e. The van der Waals surface area contributed by atoms with E-state index >= 15 is 0 Å². The number of rotatable bonds is 4. The van der Waals surface area contributed by atoms with Gasteiger partial charge in [-0.1, -0.05) is 57.2 Å². The average Bonchev–Trinajstić information content (AvgIpc) is 3.10. The summed E-state index contributed by atoms with van der Waals surface area (Å²) in [5.41, 5.74) is 9.63. The van der Waals surface area contributed by atoms with Gasteiger partial charge in [-0.15, -0.1) is 0 Å². The molecule has 0 aliphatic carbocycles. The minimum absolute atomic E-state index is 0.124. The number of methoxy groups -OCH3 is 1. The van der Waals surface area contributed by atoms with Crippen molar-refractivity contribution in [1.29, 1.82) is 0 Å². The molecule has 3 rings (SSSR count). The highest BCUT2D eigenvalue weighted by Gasteiger charge is 2.16. The van der Waals surface area contributed by atoms with Crippen molar-refractivity contribution in [3.63, 3.8) is 0 Å². The van der Waals surface area contributed by atoms with E-state index in [1.165, 1.54) is 5.56 Å². The lowest BCUT2D eigenvalue weighted by Crippen LogP contribution is -2.13. The van der Waals surface area contributed by atoms with E-state index in [4.69, 9.17) is 10.5 Å². The first-order valence-electron chi connectivity index (χ1n) is 8.31. The van der Waals surface area contributed by atoms with Gasteiger partial charge in [0.1, 0.15) is 11.6 Å². The molecular weight excluding hydrogens is 312 g/mol. The van der Waals surface area contributed by atoms with Gasteiger partial charge in [-0.3, -0.25) is 5.10 Å². The van der Waals surface area contributed by atoms with Crippen LogP contribution in [-0.4, -0.2) is 22.3 Å². The van der Waals surface area contributed by atoms with E-state index in [0.717, 1.165) is 16.9 Å². The maximum atomic E-state index is 6.31. The van der Waals surface area contributed by atoms with Gasteiger partial charge >= 0.3 is 0 Å². The number of aromatic nitrogens is 3. The lowest BCUT2D eigenvalue weighted by molar-refractivity contribution is 0.414. The van der Waals surface area contributed by atoms with E-state index in [2.05, 4.69) is 48.1 Å². The maximum Gasteiger partial charge on any atom is 0.181 e. The third kappa shape index (κ3) is 3.72. The van der Waals surface area contributed by atoms with Crippen LogP contribution in [0.15, 0.2) is 48.5 Å². The Balaban J connectivity index is 1.81. The van der Waals surface area contributed by atoms with Gasteiger partial charge in [0.15, 0.2) is 5.82 Å². The smallest absolute Gasteiger partial charge is 0.181 e.